The van der Waals surface area contributed by atoms with Crippen LogP contribution in [0, 0.1) is 0 Å². The van der Waals surface area contributed by atoms with E-state index in [2.05, 4.69) is 75.0 Å². The first-order valence-electron chi connectivity index (χ1n) is 6.08. The van der Waals surface area contributed by atoms with Gasteiger partial charge in [0, 0.05) is 0 Å². The van der Waals surface area contributed by atoms with Crippen LogP contribution in [-0.2, 0) is 0 Å². The second kappa shape index (κ2) is 9.29. The SMILES string of the molecule is CCCC[Si](Br)(Br)CC[Si](Br)(Br)CCCC. The summed E-state index contributed by atoms with van der Waals surface area (Å²) in [4.78, 5) is 0. The molecule has 0 nitrogen and oxygen atoms in total. The Labute approximate surface area is 134 Å². The second-order valence-electron chi connectivity index (χ2n) is 4.42. The first kappa shape index (κ1) is 18.4. The van der Waals surface area contributed by atoms with E-state index in [0.29, 0.717) is 0 Å². The third kappa shape index (κ3) is 10.3. The van der Waals surface area contributed by atoms with E-state index in [4.69, 9.17) is 0 Å². The Balaban J connectivity index is 3.91. The minimum Gasteiger partial charge on any atom is -0.111 e. The van der Waals surface area contributed by atoms with Gasteiger partial charge < -0.3 is 0 Å². The molecule has 0 fully saturated rings. The zero-order valence-corrected chi connectivity index (χ0v) is 18.5. The lowest BCUT2D eigenvalue weighted by atomic mass is 10.4. The van der Waals surface area contributed by atoms with Crippen molar-refractivity contribution in [2.75, 3.05) is 0 Å². The Kier molecular flexibility index (Phi) is 10.7. The van der Waals surface area contributed by atoms with Crippen molar-refractivity contribution in [1.29, 1.82) is 0 Å². The summed E-state index contributed by atoms with van der Waals surface area (Å²) in [6, 6.07) is 5.36. The van der Waals surface area contributed by atoms with Crippen LogP contribution in [0.2, 0.25) is 24.2 Å². The van der Waals surface area contributed by atoms with E-state index >= 15 is 0 Å². The summed E-state index contributed by atoms with van der Waals surface area (Å²) >= 11 is 15.8. The number of hydrogen-bond acceptors (Lipinski definition) is 0. The van der Waals surface area contributed by atoms with Gasteiger partial charge in [-0.2, -0.15) is 0 Å². The molecule has 0 unspecified atom stereocenters. The first-order valence-corrected chi connectivity index (χ1v) is 19.9. The summed E-state index contributed by atoms with van der Waals surface area (Å²) in [5, 5.41) is -2.55. The zero-order chi connectivity index (χ0) is 12.7. The largest absolute Gasteiger partial charge is 0.200 e. The molecule has 0 aliphatic carbocycles. The average Bonchev–Trinajstić information content (AvgIpc) is 2.22. The maximum atomic E-state index is 3.94. The molecule has 0 rings (SSSR count). The summed E-state index contributed by atoms with van der Waals surface area (Å²) in [5.41, 5.74) is 0. The molecular formula is C10H22Br4Si2. The van der Waals surface area contributed by atoms with Crippen LogP contribution in [0.25, 0.3) is 0 Å². The maximum Gasteiger partial charge on any atom is 0.200 e. The first-order chi connectivity index (χ1) is 7.33. The Bertz CT molecular complexity index is 166. The number of unbranched alkanes of at least 4 members (excludes halogenated alkanes) is 2. The van der Waals surface area contributed by atoms with E-state index in [0.717, 1.165) is 0 Å². The van der Waals surface area contributed by atoms with Crippen molar-refractivity contribution >= 4 is 71.8 Å². The van der Waals surface area contributed by atoms with Crippen LogP contribution in [0.4, 0.5) is 0 Å². The molecular weight excluding hydrogens is 496 g/mol. The summed E-state index contributed by atoms with van der Waals surface area (Å²) in [6.07, 6.45) is 5.29. The molecule has 0 radical (unpaired) electrons. The second-order valence-corrected chi connectivity index (χ2v) is 34.4. The van der Waals surface area contributed by atoms with Gasteiger partial charge in [0.25, 0.3) is 0 Å². The molecule has 0 atom stereocenters. The molecule has 16 heavy (non-hydrogen) atoms. The fraction of sp³-hybridized carbons (Fsp3) is 1.00. The van der Waals surface area contributed by atoms with Gasteiger partial charge in [-0.1, -0.05) is 39.5 Å². The van der Waals surface area contributed by atoms with Crippen LogP contribution in [0.15, 0.2) is 0 Å². The van der Waals surface area contributed by atoms with E-state index < -0.39 is 10.6 Å². The Morgan fingerprint density at radius 3 is 1.19 bits per heavy atom. The minimum absolute atomic E-state index is 1.27. The van der Waals surface area contributed by atoms with Crippen molar-refractivity contribution in [2.45, 2.75) is 63.7 Å². The van der Waals surface area contributed by atoms with Gasteiger partial charge in [-0.25, -0.2) is 0 Å². The molecule has 0 aromatic heterocycles. The molecule has 6 heteroatoms. The van der Waals surface area contributed by atoms with E-state index in [-0.39, 0.29) is 0 Å². The van der Waals surface area contributed by atoms with Crippen molar-refractivity contribution in [3.8, 4) is 0 Å². The smallest absolute Gasteiger partial charge is 0.111 e. The van der Waals surface area contributed by atoms with Crippen LogP contribution >= 0.6 is 61.2 Å². The van der Waals surface area contributed by atoms with Gasteiger partial charge in [-0.3, -0.25) is 0 Å². The average molecular weight is 518 g/mol. The van der Waals surface area contributed by atoms with Crippen molar-refractivity contribution in [2.24, 2.45) is 0 Å². The molecule has 0 aromatic rings. The molecule has 0 N–H and O–H groups in total. The van der Waals surface area contributed by atoms with Gasteiger partial charge in [0.1, 0.15) is 0 Å². The third-order valence-electron chi connectivity index (χ3n) is 2.65. The predicted octanol–water partition coefficient (Wildman–Crippen LogP) is 7.05. The lowest BCUT2D eigenvalue weighted by Crippen LogP contribution is -2.24. The van der Waals surface area contributed by atoms with Crippen LogP contribution in [0.3, 0.4) is 0 Å². The van der Waals surface area contributed by atoms with Crippen molar-refractivity contribution in [3.63, 3.8) is 0 Å². The van der Waals surface area contributed by atoms with Gasteiger partial charge in [0.15, 0.2) is 0 Å². The molecule has 0 aromatic carbocycles. The van der Waals surface area contributed by atoms with Gasteiger partial charge in [-0.05, 0) is 24.2 Å². The van der Waals surface area contributed by atoms with E-state index in [1.807, 2.05) is 0 Å². The number of hydrogen-bond donors (Lipinski definition) is 0. The fourth-order valence-electron chi connectivity index (χ4n) is 1.49. The van der Waals surface area contributed by atoms with Gasteiger partial charge in [0.05, 0.1) is 0 Å². The van der Waals surface area contributed by atoms with E-state index in [1.165, 1.54) is 49.9 Å². The van der Waals surface area contributed by atoms with Crippen LogP contribution in [0.5, 0.6) is 0 Å². The predicted molar refractivity (Wildman–Crippen MR) is 96.3 cm³/mol. The van der Waals surface area contributed by atoms with Crippen LogP contribution in [0.1, 0.15) is 39.5 Å². The molecule has 0 bridgehead atoms. The standard InChI is InChI=1S/C10H22Br4Si2/c1-3-5-7-15(11,12)9-10-16(13,14)8-6-4-2/h3-10H2,1-2H3. The van der Waals surface area contributed by atoms with Gasteiger partial charge in [0.2, 0.25) is 10.6 Å². The maximum absolute atomic E-state index is 3.94. The monoisotopic (exact) mass is 514 g/mol. The lowest BCUT2D eigenvalue weighted by molar-refractivity contribution is 0.871. The number of rotatable bonds is 9. The topological polar surface area (TPSA) is 0 Å². The quantitative estimate of drug-likeness (QED) is 0.227. The third-order valence-corrected chi connectivity index (χ3v) is 16.8. The highest BCUT2D eigenvalue weighted by atomic mass is 79.9. The van der Waals surface area contributed by atoms with Crippen molar-refractivity contribution < 1.29 is 0 Å². The normalized spacial score (nSPS) is 13.1. The summed E-state index contributed by atoms with van der Waals surface area (Å²) < 4.78 is 0. The Morgan fingerprint density at radius 1 is 0.625 bits per heavy atom. The summed E-state index contributed by atoms with van der Waals surface area (Å²) in [6.45, 7) is 4.53. The van der Waals surface area contributed by atoms with E-state index in [1.54, 1.807) is 0 Å². The molecule has 0 heterocycles. The molecule has 0 aliphatic heterocycles. The molecule has 0 saturated carbocycles. The van der Waals surface area contributed by atoms with E-state index in [9.17, 15) is 0 Å². The number of halogens is 4. The van der Waals surface area contributed by atoms with Crippen molar-refractivity contribution in [3.05, 3.63) is 0 Å². The minimum atomic E-state index is -1.27. The van der Waals surface area contributed by atoms with Gasteiger partial charge in [-0.15, -0.1) is 61.2 Å². The summed E-state index contributed by atoms with van der Waals surface area (Å²) in [5.74, 6) is 0. The van der Waals surface area contributed by atoms with Crippen molar-refractivity contribution in [1.82, 2.24) is 0 Å². The molecule has 0 spiro atoms. The zero-order valence-electron chi connectivity index (χ0n) is 10.2. The Morgan fingerprint density at radius 2 is 0.938 bits per heavy atom. The molecule has 98 valence electrons. The molecule has 0 aliphatic rings. The molecule has 0 saturated heterocycles. The highest BCUT2D eigenvalue weighted by Crippen LogP contribution is 2.40. The molecule has 0 amide bonds. The highest BCUT2D eigenvalue weighted by molar-refractivity contribution is 9.51. The van der Waals surface area contributed by atoms with Crippen LogP contribution < -0.4 is 0 Å². The Hall–Kier alpha value is 2.35. The van der Waals surface area contributed by atoms with Gasteiger partial charge >= 0.3 is 0 Å². The highest BCUT2D eigenvalue weighted by Gasteiger charge is 2.32. The lowest BCUT2D eigenvalue weighted by Gasteiger charge is -2.23. The van der Waals surface area contributed by atoms with Crippen LogP contribution in [-0.4, -0.2) is 10.6 Å². The summed E-state index contributed by atoms with van der Waals surface area (Å²) in [7, 11) is 0. The fourth-order valence-corrected chi connectivity index (χ4v) is 17.2.